The Morgan fingerprint density at radius 1 is 1.41 bits per heavy atom. The number of carbonyl (C=O) groups is 1. The molecule has 0 saturated carbocycles. The average molecular weight is 324 g/mol. The summed E-state index contributed by atoms with van der Waals surface area (Å²) in [7, 11) is 0. The summed E-state index contributed by atoms with van der Waals surface area (Å²) in [5.74, 6) is -1.32. The third kappa shape index (κ3) is 3.30. The quantitative estimate of drug-likeness (QED) is 0.866. The Morgan fingerprint density at radius 2 is 2.27 bits per heavy atom. The monoisotopic (exact) mass is 324 g/mol. The first kappa shape index (κ1) is 15.0. The van der Waals surface area contributed by atoms with E-state index in [2.05, 4.69) is 4.98 Å². The van der Waals surface area contributed by atoms with E-state index in [-0.39, 0.29) is 17.7 Å². The maximum atomic E-state index is 13.7. The molecule has 0 bridgehead atoms. The smallest absolute Gasteiger partial charge is 0.256 e. The van der Waals surface area contributed by atoms with Gasteiger partial charge in [-0.25, -0.2) is 13.8 Å². The summed E-state index contributed by atoms with van der Waals surface area (Å²) in [4.78, 5) is 18.1. The van der Waals surface area contributed by atoms with E-state index in [1.54, 1.807) is 4.90 Å². The Hall–Kier alpha value is -1.89. The van der Waals surface area contributed by atoms with Crippen molar-refractivity contribution in [2.45, 2.75) is 29.9 Å². The topological polar surface area (TPSA) is 46.3 Å². The molecule has 1 saturated heterocycles. The van der Waals surface area contributed by atoms with Crippen LogP contribution in [-0.4, -0.2) is 27.6 Å². The highest BCUT2D eigenvalue weighted by molar-refractivity contribution is 8.00. The molecule has 7 heteroatoms. The van der Waals surface area contributed by atoms with Gasteiger partial charge >= 0.3 is 0 Å². The summed E-state index contributed by atoms with van der Waals surface area (Å²) in [6.07, 6.45) is 4.55. The van der Waals surface area contributed by atoms with Crippen molar-refractivity contribution in [2.75, 3.05) is 6.54 Å². The van der Waals surface area contributed by atoms with E-state index in [1.807, 2.05) is 0 Å². The lowest BCUT2D eigenvalue weighted by Gasteiger charge is -2.31. The lowest BCUT2D eigenvalue weighted by atomic mass is 10.1. The molecule has 1 aromatic carbocycles. The highest BCUT2D eigenvalue weighted by Crippen LogP contribution is 2.30. The Bertz CT molecular complexity index is 664. The van der Waals surface area contributed by atoms with Crippen molar-refractivity contribution in [1.29, 1.82) is 0 Å². The van der Waals surface area contributed by atoms with E-state index in [0.29, 0.717) is 17.3 Å². The second-order valence-corrected chi connectivity index (χ2v) is 6.20. The zero-order valence-electron chi connectivity index (χ0n) is 11.7. The standard InChI is InChI=1S/C15H14F2N2O2S/c16-11-4-3-10(12(17)8-11)9-19-6-1-2-13(14(19)20)22-15-18-5-7-21-15/h3-5,7-8,13H,1-2,6,9H2/t13-/m0/s1. The first-order valence-corrected chi connectivity index (χ1v) is 7.80. The summed E-state index contributed by atoms with van der Waals surface area (Å²) in [6.45, 7) is 0.714. The number of halogens is 2. The fraction of sp³-hybridized carbons (Fsp3) is 0.333. The molecule has 2 aromatic rings. The Kier molecular flexibility index (Phi) is 4.42. The number of aromatic nitrogens is 1. The van der Waals surface area contributed by atoms with Gasteiger partial charge in [-0.15, -0.1) is 0 Å². The molecule has 1 aliphatic heterocycles. The van der Waals surface area contributed by atoms with Crippen LogP contribution in [-0.2, 0) is 11.3 Å². The van der Waals surface area contributed by atoms with Crippen molar-refractivity contribution in [3.05, 3.63) is 47.9 Å². The third-order valence-corrected chi connectivity index (χ3v) is 4.64. The lowest BCUT2D eigenvalue weighted by Crippen LogP contribution is -2.42. The van der Waals surface area contributed by atoms with Crippen LogP contribution >= 0.6 is 11.8 Å². The molecule has 0 spiro atoms. The van der Waals surface area contributed by atoms with Crippen molar-refractivity contribution >= 4 is 17.7 Å². The van der Waals surface area contributed by atoms with Gasteiger partial charge in [0.2, 0.25) is 5.91 Å². The molecule has 22 heavy (non-hydrogen) atoms. The van der Waals surface area contributed by atoms with Crippen molar-refractivity contribution < 1.29 is 18.0 Å². The molecular weight excluding hydrogens is 310 g/mol. The zero-order chi connectivity index (χ0) is 15.5. The SMILES string of the molecule is O=C1[C@@H](Sc2ncco2)CCCN1Cc1ccc(F)cc1F. The van der Waals surface area contributed by atoms with Gasteiger partial charge in [0.05, 0.1) is 11.4 Å². The van der Waals surface area contributed by atoms with E-state index in [4.69, 9.17) is 4.42 Å². The number of piperidine rings is 1. The molecule has 1 amide bonds. The lowest BCUT2D eigenvalue weighted by molar-refractivity contribution is -0.133. The molecule has 1 aromatic heterocycles. The largest absolute Gasteiger partial charge is 0.440 e. The predicted molar refractivity (Wildman–Crippen MR) is 77.2 cm³/mol. The van der Waals surface area contributed by atoms with Gasteiger partial charge in [-0.05, 0) is 18.9 Å². The van der Waals surface area contributed by atoms with Crippen LogP contribution < -0.4 is 0 Å². The fourth-order valence-corrected chi connectivity index (χ4v) is 3.43. The summed E-state index contributed by atoms with van der Waals surface area (Å²) in [6, 6.07) is 3.41. The van der Waals surface area contributed by atoms with Gasteiger partial charge in [-0.3, -0.25) is 4.79 Å². The first-order chi connectivity index (χ1) is 10.6. The molecule has 0 unspecified atom stereocenters. The van der Waals surface area contributed by atoms with Crippen LogP contribution in [0.3, 0.4) is 0 Å². The second kappa shape index (κ2) is 6.48. The number of nitrogens with zero attached hydrogens (tertiary/aromatic N) is 2. The predicted octanol–water partition coefficient (Wildman–Crippen LogP) is 3.24. The van der Waals surface area contributed by atoms with Gasteiger partial charge < -0.3 is 9.32 Å². The number of hydrogen-bond acceptors (Lipinski definition) is 4. The molecule has 1 fully saturated rings. The maximum absolute atomic E-state index is 13.7. The highest BCUT2D eigenvalue weighted by Gasteiger charge is 2.31. The molecule has 4 nitrogen and oxygen atoms in total. The van der Waals surface area contributed by atoms with Crippen LogP contribution in [0.15, 0.2) is 40.3 Å². The van der Waals surface area contributed by atoms with Gasteiger partial charge in [-0.1, -0.05) is 17.8 Å². The van der Waals surface area contributed by atoms with Gasteiger partial charge in [0.15, 0.2) is 0 Å². The van der Waals surface area contributed by atoms with Crippen molar-refractivity contribution in [3.8, 4) is 0 Å². The average Bonchev–Trinajstić information content (AvgIpc) is 2.99. The number of oxazole rings is 1. The van der Waals surface area contributed by atoms with Crippen molar-refractivity contribution in [3.63, 3.8) is 0 Å². The molecule has 116 valence electrons. The summed E-state index contributed by atoms with van der Waals surface area (Å²) >= 11 is 1.28. The van der Waals surface area contributed by atoms with Crippen LogP contribution in [0, 0.1) is 11.6 Å². The number of hydrogen-bond donors (Lipinski definition) is 0. The molecule has 0 radical (unpaired) electrons. The summed E-state index contributed by atoms with van der Waals surface area (Å²) in [5, 5.41) is 0.170. The number of amides is 1. The van der Waals surface area contributed by atoms with E-state index in [1.165, 1.54) is 36.4 Å². The van der Waals surface area contributed by atoms with Crippen molar-refractivity contribution in [1.82, 2.24) is 9.88 Å². The van der Waals surface area contributed by atoms with Crippen LogP contribution in [0.25, 0.3) is 0 Å². The zero-order valence-corrected chi connectivity index (χ0v) is 12.5. The molecule has 0 aliphatic carbocycles. The summed E-state index contributed by atoms with van der Waals surface area (Å²) < 4.78 is 31.8. The minimum atomic E-state index is -0.629. The van der Waals surface area contributed by atoms with Crippen LogP contribution in [0.2, 0.25) is 0 Å². The van der Waals surface area contributed by atoms with E-state index < -0.39 is 11.6 Å². The van der Waals surface area contributed by atoms with Crippen molar-refractivity contribution in [2.24, 2.45) is 0 Å². The number of carbonyl (C=O) groups excluding carboxylic acids is 1. The minimum Gasteiger partial charge on any atom is -0.440 e. The summed E-state index contributed by atoms with van der Waals surface area (Å²) in [5.41, 5.74) is 0.316. The maximum Gasteiger partial charge on any atom is 0.256 e. The van der Waals surface area contributed by atoms with Gasteiger partial charge in [0.25, 0.3) is 5.22 Å². The Balaban J connectivity index is 1.69. The van der Waals surface area contributed by atoms with E-state index in [9.17, 15) is 13.6 Å². The highest BCUT2D eigenvalue weighted by atomic mass is 32.2. The van der Waals surface area contributed by atoms with Crippen LogP contribution in [0.5, 0.6) is 0 Å². The van der Waals surface area contributed by atoms with E-state index >= 15 is 0 Å². The van der Waals surface area contributed by atoms with Gasteiger partial charge in [-0.2, -0.15) is 0 Å². The molecule has 3 rings (SSSR count). The van der Waals surface area contributed by atoms with E-state index in [0.717, 1.165) is 18.9 Å². The first-order valence-electron chi connectivity index (χ1n) is 6.92. The number of thioether (sulfide) groups is 1. The molecule has 1 atom stereocenters. The Labute approximate surface area is 130 Å². The Morgan fingerprint density at radius 3 is 3.00 bits per heavy atom. The molecule has 2 heterocycles. The third-order valence-electron chi connectivity index (χ3n) is 3.51. The van der Waals surface area contributed by atoms with Crippen LogP contribution in [0.1, 0.15) is 18.4 Å². The second-order valence-electron chi connectivity index (χ2n) is 5.04. The van der Waals surface area contributed by atoms with Crippen LogP contribution in [0.4, 0.5) is 8.78 Å². The fourth-order valence-electron chi connectivity index (χ4n) is 2.42. The normalized spacial score (nSPS) is 18.7. The number of rotatable bonds is 4. The van der Waals surface area contributed by atoms with Gasteiger partial charge in [0.1, 0.15) is 17.9 Å². The molecule has 0 N–H and O–H groups in total. The molecule has 1 aliphatic rings. The molecular formula is C15H14F2N2O2S. The minimum absolute atomic E-state index is 0.0711. The number of benzene rings is 1. The van der Waals surface area contributed by atoms with Gasteiger partial charge in [0, 0.05) is 24.7 Å². The number of likely N-dealkylation sites (tertiary alicyclic amines) is 1.